The summed E-state index contributed by atoms with van der Waals surface area (Å²) < 4.78 is 0. The molecule has 2 rings (SSSR count). The number of carbonyl (C=O) groups excluding carboxylic acids is 1. The van der Waals surface area contributed by atoms with Crippen molar-refractivity contribution in [2.75, 3.05) is 26.2 Å². The highest BCUT2D eigenvalue weighted by atomic mass is 35.5. The second kappa shape index (κ2) is 6.45. The molecule has 1 saturated heterocycles. The first-order valence-corrected chi connectivity index (χ1v) is 5.89. The third-order valence-corrected chi connectivity index (χ3v) is 3.11. The fourth-order valence-electron chi connectivity index (χ4n) is 1.70. The van der Waals surface area contributed by atoms with Crippen LogP contribution in [0.5, 0.6) is 0 Å². The molecule has 94 valence electrons. The molecule has 1 fully saturated rings. The maximum absolute atomic E-state index is 12.1. The predicted molar refractivity (Wildman–Crippen MR) is 72.5 cm³/mol. The van der Waals surface area contributed by atoms with Crippen LogP contribution >= 0.6 is 35.6 Å². The smallest absolute Gasteiger partial charge is 0.255 e. The summed E-state index contributed by atoms with van der Waals surface area (Å²) in [6.07, 6.45) is 0. The highest BCUT2D eigenvalue weighted by Gasteiger charge is 2.19. The van der Waals surface area contributed by atoms with Crippen LogP contribution in [0.3, 0.4) is 0 Å². The van der Waals surface area contributed by atoms with Crippen molar-refractivity contribution in [1.82, 2.24) is 10.2 Å². The summed E-state index contributed by atoms with van der Waals surface area (Å²) in [5, 5.41) is 4.15. The Morgan fingerprint density at radius 2 is 1.88 bits per heavy atom. The standard InChI is InChI=1S/C11H12Cl2N2O.ClH/c12-8-1-2-9(10(13)7-8)11(16)15-5-3-14-4-6-15;/h1-2,7,14H,3-6H2;1H. The van der Waals surface area contributed by atoms with Gasteiger partial charge in [-0.1, -0.05) is 23.2 Å². The second-order valence-corrected chi connectivity index (χ2v) is 4.51. The molecule has 0 radical (unpaired) electrons. The molecule has 0 spiro atoms. The number of carbonyl (C=O) groups is 1. The SMILES string of the molecule is Cl.O=C(c1ccc(Cl)cc1Cl)N1CCNCC1. The molecule has 6 heteroatoms. The Kier molecular flexibility index (Phi) is 5.53. The average Bonchev–Trinajstić information content (AvgIpc) is 2.29. The molecular weight excluding hydrogens is 282 g/mol. The largest absolute Gasteiger partial charge is 0.336 e. The van der Waals surface area contributed by atoms with Crippen molar-refractivity contribution in [2.24, 2.45) is 0 Å². The highest BCUT2D eigenvalue weighted by molar-refractivity contribution is 6.36. The molecule has 1 aromatic rings. The van der Waals surface area contributed by atoms with E-state index in [1.807, 2.05) is 0 Å². The maximum Gasteiger partial charge on any atom is 0.255 e. The quantitative estimate of drug-likeness (QED) is 0.863. The lowest BCUT2D eigenvalue weighted by Crippen LogP contribution is -2.46. The first kappa shape index (κ1) is 14.6. The van der Waals surface area contributed by atoms with Crippen LogP contribution < -0.4 is 5.32 Å². The number of hydrogen-bond acceptors (Lipinski definition) is 2. The van der Waals surface area contributed by atoms with E-state index in [9.17, 15) is 4.79 Å². The van der Waals surface area contributed by atoms with Gasteiger partial charge in [0, 0.05) is 31.2 Å². The zero-order valence-electron chi connectivity index (χ0n) is 9.08. The van der Waals surface area contributed by atoms with Crippen LogP contribution in [0.15, 0.2) is 18.2 Å². The van der Waals surface area contributed by atoms with Gasteiger partial charge in [-0.15, -0.1) is 12.4 Å². The van der Waals surface area contributed by atoms with E-state index in [-0.39, 0.29) is 18.3 Å². The van der Waals surface area contributed by atoms with Crippen molar-refractivity contribution >= 4 is 41.5 Å². The van der Waals surface area contributed by atoms with E-state index >= 15 is 0 Å². The molecule has 1 aliphatic heterocycles. The van der Waals surface area contributed by atoms with Gasteiger partial charge in [-0.2, -0.15) is 0 Å². The molecule has 1 N–H and O–H groups in total. The van der Waals surface area contributed by atoms with Crippen molar-refractivity contribution in [1.29, 1.82) is 0 Å². The van der Waals surface area contributed by atoms with E-state index in [4.69, 9.17) is 23.2 Å². The summed E-state index contributed by atoms with van der Waals surface area (Å²) in [7, 11) is 0. The van der Waals surface area contributed by atoms with E-state index in [0.717, 1.165) is 26.2 Å². The van der Waals surface area contributed by atoms with Crippen LogP contribution in [0.4, 0.5) is 0 Å². The lowest BCUT2D eigenvalue weighted by Gasteiger charge is -2.27. The number of hydrogen-bond donors (Lipinski definition) is 1. The normalized spacial score (nSPS) is 15.3. The molecular formula is C11H13Cl3N2O. The van der Waals surface area contributed by atoms with Crippen molar-refractivity contribution < 1.29 is 4.79 Å². The number of benzene rings is 1. The van der Waals surface area contributed by atoms with Gasteiger partial charge in [0.25, 0.3) is 5.91 Å². The van der Waals surface area contributed by atoms with Crippen LogP contribution in [-0.4, -0.2) is 37.0 Å². The molecule has 0 unspecified atom stereocenters. The molecule has 3 nitrogen and oxygen atoms in total. The van der Waals surface area contributed by atoms with Gasteiger partial charge in [-0.3, -0.25) is 4.79 Å². The predicted octanol–water partition coefficient (Wildman–Crippen LogP) is 2.46. The van der Waals surface area contributed by atoms with E-state index in [1.54, 1.807) is 23.1 Å². The van der Waals surface area contributed by atoms with E-state index in [0.29, 0.717) is 15.6 Å². The van der Waals surface area contributed by atoms with Crippen molar-refractivity contribution in [3.05, 3.63) is 33.8 Å². The summed E-state index contributed by atoms with van der Waals surface area (Å²) in [6.45, 7) is 3.10. The van der Waals surface area contributed by atoms with Gasteiger partial charge in [0.1, 0.15) is 0 Å². The third-order valence-electron chi connectivity index (χ3n) is 2.57. The minimum atomic E-state index is -0.0248. The molecule has 0 aliphatic carbocycles. The number of nitrogens with one attached hydrogen (secondary N) is 1. The minimum absolute atomic E-state index is 0. The first-order chi connectivity index (χ1) is 7.68. The molecule has 0 aromatic heterocycles. The van der Waals surface area contributed by atoms with Crippen molar-refractivity contribution in [2.45, 2.75) is 0 Å². The summed E-state index contributed by atoms with van der Waals surface area (Å²) in [4.78, 5) is 13.9. The van der Waals surface area contributed by atoms with Gasteiger partial charge < -0.3 is 10.2 Å². The lowest BCUT2D eigenvalue weighted by molar-refractivity contribution is 0.0736. The topological polar surface area (TPSA) is 32.3 Å². The number of piperazine rings is 1. The molecule has 1 aliphatic rings. The van der Waals surface area contributed by atoms with Crippen LogP contribution in [0, 0.1) is 0 Å². The summed E-state index contributed by atoms with van der Waals surface area (Å²) >= 11 is 11.8. The highest BCUT2D eigenvalue weighted by Crippen LogP contribution is 2.22. The van der Waals surface area contributed by atoms with E-state index in [2.05, 4.69) is 5.32 Å². The second-order valence-electron chi connectivity index (χ2n) is 3.67. The fourth-order valence-corrected chi connectivity index (χ4v) is 2.19. The number of amides is 1. The number of halogens is 3. The number of rotatable bonds is 1. The van der Waals surface area contributed by atoms with Crippen molar-refractivity contribution in [3.8, 4) is 0 Å². The first-order valence-electron chi connectivity index (χ1n) is 5.13. The Labute approximate surface area is 116 Å². The molecule has 17 heavy (non-hydrogen) atoms. The van der Waals surface area contributed by atoms with E-state index in [1.165, 1.54) is 0 Å². The Bertz CT molecular complexity index is 406. The Morgan fingerprint density at radius 3 is 2.47 bits per heavy atom. The van der Waals surface area contributed by atoms with Crippen LogP contribution in [0.25, 0.3) is 0 Å². The zero-order chi connectivity index (χ0) is 11.5. The van der Waals surface area contributed by atoms with Gasteiger partial charge in [-0.05, 0) is 18.2 Å². The average molecular weight is 296 g/mol. The third kappa shape index (κ3) is 3.49. The zero-order valence-corrected chi connectivity index (χ0v) is 11.4. The van der Waals surface area contributed by atoms with Gasteiger partial charge in [0.15, 0.2) is 0 Å². The van der Waals surface area contributed by atoms with Crippen LogP contribution in [-0.2, 0) is 0 Å². The molecule has 1 aromatic carbocycles. The van der Waals surface area contributed by atoms with Gasteiger partial charge >= 0.3 is 0 Å². The number of nitrogens with zero attached hydrogens (tertiary/aromatic N) is 1. The summed E-state index contributed by atoms with van der Waals surface area (Å²) in [5.41, 5.74) is 0.521. The molecule has 1 heterocycles. The van der Waals surface area contributed by atoms with E-state index < -0.39 is 0 Å². The monoisotopic (exact) mass is 294 g/mol. The van der Waals surface area contributed by atoms with Crippen molar-refractivity contribution in [3.63, 3.8) is 0 Å². The molecule has 0 saturated carbocycles. The van der Waals surface area contributed by atoms with Gasteiger partial charge in [0.2, 0.25) is 0 Å². The maximum atomic E-state index is 12.1. The lowest BCUT2D eigenvalue weighted by atomic mass is 10.2. The summed E-state index contributed by atoms with van der Waals surface area (Å²) in [5.74, 6) is -0.0248. The van der Waals surface area contributed by atoms with Gasteiger partial charge in [0.05, 0.1) is 10.6 Å². The molecule has 1 amide bonds. The Hall–Kier alpha value is -0.480. The Morgan fingerprint density at radius 1 is 1.24 bits per heavy atom. The van der Waals surface area contributed by atoms with Crippen LogP contribution in [0.2, 0.25) is 10.0 Å². The van der Waals surface area contributed by atoms with Gasteiger partial charge in [-0.25, -0.2) is 0 Å². The van der Waals surface area contributed by atoms with Crippen LogP contribution in [0.1, 0.15) is 10.4 Å². The molecule has 0 bridgehead atoms. The summed E-state index contributed by atoms with van der Waals surface area (Å²) in [6, 6.07) is 4.95. The minimum Gasteiger partial charge on any atom is -0.336 e. The molecule has 0 atom stereocenters. The Balaban J connectivity index is 0.00000144. The fraction of sp³-hybridized carbons (Fsp3) is 0.364.